The number of anilines is 1. The number of benzene rings is 2. The van der Waals surface area contributed by atoms with Crippen molar-refractivity contribution in [2.75, 3.05) is 12.3 Å². The lowest BCUT2D eigenvalue weighted by Gasteiger charge is -2.04. The molecule has 22 heavy (non-hydrogen) atoms. The molecule has 0 aliphatic heterocycles. The molecule has 2 rings (SSSR count). The first kappa shape index (κ1) is 15.3. The highest BCUT2D eigenvalue weighted by Crippen LogP contribution is 2.12. The third kappa shape index (κ3) is 4.21. The van der Waals surface area contributed by atoms with Crippen LogP contribution in [-0.4, -0.2) is 18.7 Å². The summed E-state index contributed by atoms with van der Waals surface area (Å²) in [7, 11) is 0. The molecule has 1 amide bonds. The Balaban J connectivity index is 1.99. The van der Waals surface area contributed by atoms with Crippen molar-refractivity contribution in [1.82, 2.24) is 5.43 Å². The molecular weight excluding hydrogens is 278 g/mol. The molecule has 0 spiro atoms. The van der Waals surface area contributed by atoms with E-state index in [2.05, 4.69) is 17.1 Å². The molecule has 3 N–H and O–H groups in total. The summed E-state index contributed by atoms with van der Waals surface area (Å²) < 4.78 is 5.42. The Morgan fingerprint density at radius 1 is 1.27 bits per heavy atom. The summed E-state index contributed by atoms with van der Waals surface area (Å²) in [6.45, 7) is 4.03. The van der Waals surface area contributed by atoms with Crippen LogP contribution in [0.3, 0.4) is 0 Å². The maximum atomic E-state index is 11.9. The summed E-state index contributed by atoms with van der Waals surface area (Å²) in [5.74, 6) is 0.357. The molecule has 5 nitrogen and oxygen atoms in total. The van der Waals surface area contributed by atoms with E-state index in [4.69, 9.17) is 10.5 Å². The van der Waals surface area contributed by atoms with Gasteiger partial charge in [-0.1, -0.05) is 36.9 Å². The van der Waals surface area contributed by atoms with E-state index in [1.165, 1.54) is 6.21 Å². The highest BCUT2D eigenvalue weighted by Gasteiger charge is 2.06. The van der Waals surface area contributed by atoms with Crippen LogP contribution < -0.4 is 15.9 Å². The Morgan fingerprint density at radius 3 is 2.86 bits per heavy atom. The van der Waals surface area contributed by atoms with Crippen LogP contribution in [0.15, 0.2) is 66.3 Å². The van der Waals surface area contributed by atoms with Crippen LogP contribution in [0.25, 0.3) is 0 Å². The van der Waals surface area contributed by atoms with Crippen molar-refractivity contribution < 1.29 is 9.53 Å². The maximum Gasteiger partial charge on any atom is 0.273 e. The first-order valence-corrected chi connectivity index (χ1v) is 6.72. The fourth-order valence-corrected chi connectivity index (χ4v) is 1.77. The minimum atomic E-state index is -0.353. The molecule has 0 saturated carbocycles. The van der Waals surface area contributed by atoms with Gasteiger partial charge in [0.15, 0.2) is 0 Å². The second kappa shape index (κ2) is 7.64. The van der Waals surface area contributed by atoms with Crippen LogP contribution >= 0.6 is 0 Å². The molecule has 0 radical (unpaired) electrons. The molecule has 5 heteroatoms. The summed E-state index contributed by atoms with van der Waals surface area (Å²) >= 11 is 0. The lowest BCUT2D eigenvalue weighted by atomic mass is 10.2. The molecule has 2 aromatic carbocycles. The molecule has 0 heterocycles. The SMILES string of the molecule is C=CCOc1cccc(/C=N\NC(=O)c2ccccc2N)c1. The lowest BCUT2D eigenvalue weighted by molar-refractivity contribution is 0.0956. The van der Waals surface area contributed by atoms with Crippen molar-refractivity contribution in [3.05, 3.63) is 72.3 Å². The molecule has 0 unspecified atom stereocenters. The monoisotopic (exact) mass is 295 g/mol. The van der Waals surface area contributed by atoms with Crippen molar-refractivity contribution in [2.24, 2.45) is 5.10 Å². The van der Waals surface area contributed by atoms with Crippen molar-refractivity contribution in [1.29, 1.82) is 0 Å². The van der Waals surface area contributed by atoms with Crippen molar-refractivity contribution in [3.8, 4) is 5.75 Å². The van der Waals surface area contributed by atoms with Gasteiger partial charge in [-0.2, -0.15) is 5.10 Å². The average Bonchev–Trinajstić information content (AvgIpc) is 2.53. The van der Waals surface area contributed by atoms with E-state index in [0.717, 1.165) is 5.56 Å². The summed E-state index contributed by atoms with van der Waals surface area (Å²) in [4.78, 5) is 11.9. The zero-order valence-corrected chi connectivity index (χ0v) is 12.0. The van der Waals surface area contributed by atoms with Gasteiger partial charge in [-0.3, -0.25) is 4.79 Å². The second-order valence-electron chi connectivity index (χ2n) is 4.46. The van der Waals surface area contributed by atoms with Crippen LogP contribution in [0, 0.1) is 0 Å². The molecule has 0 aromatic heterocycles. The number of carbonyl (C=O) groups is 1. The number of nitrogens with two attached hydrogens (primary N) is 1. The van der Waals surface area contributed by atoms with Gasteiger partial charge in [0, 0.05) is 5.69 Å². The number of ether oxygens (including phenoxy) is 1. The number of hydrogen-bond donors (Lipinski definition) is 2. The van der Waals surface area contributed by atoms with E-state index in [9.17, 15) is 4.79 Å². The van der Waals surface area contributed by atoms with Gasteiger partial charge in [0.1, 0.15) is 12.4 Å². The van der Waals surface area contributed by atoms with Gasteiger partial charge in [0.05, 0.1) is 11.8 Å². The molecule has 0 atom stereocenters. The van der Waals surface area contributed by atoms with Crippen molar-refractivity contribution >= 4 is 17.8 Å². The van der Waals surface area contributed by atoms with Crippen molar-refractivity contribution in [3.63, 3.8) is 0 Å². The topological polar surface area (TPSA) is 76.7 Å². The number of hydrazone groups is 1. The fourth-order valence-electron chi connectivity index (χ4n) is 1.77. The second-order valence-corrected chi connectivity index (χ2v) is 4.46. The Kier molecular flexibility index (Phi) is 5.31. The van der Waals surface area contributed by atoms with Gasteiger partial charge in [-0.05, 0) is 29.8 Å². The molecule has 2 aromatic rings. The Bertz CT molecular complexity index is 696. The number of nitrogen functional groups attached to an aromatic ring is 1. The van der Waals surface area contributed by atoms with Crippen LogP contribution in [0.2, 0.25) is 0 Å². The number of para-hydroxylation sites is 1. The van der Waals surface area contributed by atoms with Gasteiger partial charge < -0.3 is 10.5 Å². The maximum absolute atomic E-state index is 11.9. The summed E-state index contributed by atoms with van der Waals surface area (Å²) in [5, 5.41) is 3.92. The van der Waals surface area contributed by atoms with E-state index in [1.54, 1.807) is 30.3 Å². The highest BCUT2D eigenvalue weighted by molar-refractivity contribution is 5.99. The molecule has 0 aliphatic carbocycles. The van der Waals surface area contributed by atoms with E-state index < -0.39 is 0 Å². The molecule has 112 valence electrons. The summed E-state index contributed by atoms with van der Waals surface area (Å²) in [6.07, 6.45) is 3.21. The third-order valence-electron chi connectivity index (χ3n) is 2.81. The number of rotatable bonds is 6. The van der Waals surface area contributed by atoms with E-state index in [-0.39, 0.29) is 5.91 Å². The number of nitrogens with zero attached hydrogens (tertiary/aromatic N) is 1. The van der Waals surface area contributed by atoms with E-state index >= 15 is 0 Å². The van der Waals surface area contributed by atoms with Gasteiger partial charge in [-0.15, -0.1) is 0 Å². The third-order valence-corrected chi connectivity index (χ3v) is 2.81. The highest BCUT2D eigenvalue weighted by atomic mass is 16.5. The van der Waals surface area contributed by atoms with Gasteiger partial charge in [-0.25, -0.2) is 5.43 Å². The lowest BCUT2D eigenvalue weighted by Crippen LogP contribution is -2.18. The Morgan fingerprint density at radius 2 is 2.09 bits per heavy atom. The standard InChI is InChI=1S/C17H17N3O2/c1-2-10-22-14-7-5-6-13(11-14)12-19-20-17(21)15-8-3-4-9-16(15)18/h2-9,11-12H,1,10,18H2,(H,20,21)/b19-12-. The van der Waals surface area contributed by atoms with Gasteiger partial charge in [0.2, 0.25) is 0 Å². The van der Waals surface area contributed by atoms with Crippen LogP contribution in [-0.2, 0) is 0 Å². The van der Waals surface area contributed by atoms with Gasteiger partial charge >= 0.3 is 0 Å². The zero-order valence-electron chi connectivity index (χ0n) is 12.0. The molecular formula is C17H17N3O2. The molecule has 0 saturated heterocycles. The smallest absolute Gasteiger partial charge is 0.273 e. The Hall–Kier alpha value is -3.08. The minimum absolute atomic E-state index is 0.353. The minimum Gasteiger partial charge on any atom is -0.490 e. The summed E-state index contributed by atoms with van der Waals surface area (Å²) in [6, 6.07) is 14.2. The van der Waals surface area contributed by atoms with Crippen LogP contribution in [0.5, 0.6) is 5.75 Å². The first-order chi connectivity index (χ1) is 10.7. The number of amides is 1. The van der Waals surface area contributed by atoms with Gasteiger partial charge in [0.25, 0.3) is 5.91 Å². The quantitative estimate of drug-likeness (QED) is 0.372. The van der Waals surface area contributed by atoms with Crippen LogP contribution in [0.4, 0.5) is 5.69 Å². The van der Waals surface area contributed by atoms with Crippen LogP contribution in [0.1, 0.15) is 15.9 Å². The Labute approximate surface area is 129 Å². The largest absolute Gasteiger partial charge is 0.490 e. The normalized spacial score (nSPS) is 10.4. The number of carbonyl (C=O) groups excluding carboxylic acids is 1. The summed E-state index contributed by atoms with van der Waals surface area (Å²) in [5.41, 5.74) is 9.79. The van der Waals surface area contributed by atoms with E-state index in [1.807, 2.05) is 24.3 Å². The average molecular weight is 295 g/mol. The number of nitrogens with one attached hydrogen (secondary N) is 1. The number of hydrogen-bond acceptors (Lipinski definition) is 4. The molecule has 0 fully saturated rings. The molecule has 0 bridgehead atoms. The van der Waals surface area contributed by atoms with Crippen molar-refractivity contribution in [2.45, 2.75) is 0 Å². The predicted molar refractivity (Wildman–Crippen MR) is 88.0 cm³/mol. The molecule has 0 aliphatic rings. The van der Waals surface area contributed by atoms with E-state index in [0.29, 0.717) is 23.6 Å². The zero-order chi connectivity index (χ0) is 15.8. The first-order valence-electron chi connectivity index (χ1n) is 6.72. The fraction of sp³-hybridized carbons (Fsp3) is 0.0588. The predicted octanol–water partition coefficient (Wildman–Crippen LogP) is 2.60.